The molecule has 0 bridgehead atoms. The highest BCUT2D eigenvalue weighted by atomic mass is 16.7. The summed E-state index contributed by atoms with van der Waals surface area (Å²) in [6, 6.07) is 71.3. The molecule has 2 amide bonds. The summed E-state index contributed by atoms with van der Waals surface area (Å²) in [5, 5.41) is 22.1. The van der Waals surface area contributed by atoms with Crippen molar-refractivity contribution in [3.8, 4) is 11.4 Å². The molecule has 13 rings (SSSR count). The van der Waals surface area contributed by atoms with Gasteiger partial charge in [0.15, 0.2) is 28.7 Å². The number of hydrogen-bond acceptors (Lipinski definition) is 18. The highest BCUT2D eigenvalue weighted by molar-refractivity contribution is 6.46. The number of carbonyl (C=O) groups is 9. The predicted molar refractivity (Wildman–Crippen MR) is 421 cm³/mol. The average molecular weight is 1470 g/mol. The Labute approximate surface area is 630 Å². The predicted octanol–water partition coefficient (Wildman–Crippen LogP) is 14.8. The quantitative estimate of drug-likeness (QED) is 0.0179. The van der Waals surface area contributed by atoms with E-state index in [1.165, 1.54) is 30.8 Å². The van der Waals surface area contributed by atoms with Crippen LogP contribution in [0.4, 0.5) is 0 Å². The second kappa shape index (κ2) is 32.3. The Hall–Kier alpha value is -14.2. The fraction of sp³-hybridized carbons (Fsp3) is 0.148. The number of ether oxygens (including phenoxy) is 1. The van der Waals surface area contributed by atoms with Gasteiger partial charge < -0.3 is 43.0 Å². The van der Waals surface area contributed by atoms with Crippen molar-refractivity contribution in [1.82, 2.24) is 18.9 Å². The molecule has 110 heavy (non-hydrogen) atoms. The van der Waals surface area contributed by atoms with Crippen LogP contribution in [0.25, 0.3) is 76.5 Å². The Morgan fingerprint density at radius 3 is 1.14 bits per heavy atom. The first-order valence-corrected chi connectivity index (χ1v) is 35.3. The maximum Gasteiger partial charge on any atom is 0.361 e. The normalized spacial score (nSPS) is 12.0. The van der Waals surface area contributed by atoms with Gasteiger partial charge >= 0.3 is 29.8 Å². The molecule has 0 N–H and O–H groups in total. The summed E-state index contributed by atoms with van der Waals surface area (Å²) in [5.74, 6) is -5.63. The molecule has 0 saturated heterocycles. The van der Waals surface area contributed by atoms with Gasteiger partial charge in [-0.3, -0.25) is 19.2 Å². The zero-order valence-corrected chi connectivity index (χ0v) is 61.2. The number of hydrogen-bond donors (Lipinski definition) is 0. The molecular weight excluding hydrogens is 1390 g/mol. The number of carbonyl (C=O) groups excluding carboxylic acids is 9. The third-order valence-corrected chi connectivity index (χ3v) is 18.4. The number of rotatable bonds is 24. The van der Waals surface area contributed by atoms with Gasteiger partial charge in [0.25, 0.3) is 11.8 Å². The van der Waals surface area contributed by atoms with Crippen molar-refractivity contribution in [3.63, 3.8) is 0 Å². The number of nitrogens with zero attached hydrogens (tertiary/aromatic N) is 8. The molecule has 0 atom stereocenters. The number of aromatic nitrogens is 2. The van der Waals surface area contributed by atoms with Crippen LogP contribution in [-0.4, -0.2) is 129 Å². The fourth-order valence-electron chi connectivity index (χ4n) is 13.1. The van der Waals surface area contributed by atoms with Crippen molar-refractivity contribution in [2.45, 2.75) is 48.0 Å². The lowest BCUT2D eigenvalue weighted by Crippen LogP contribution is -2.42. The number of oxime groups is 4. The number of ketones is 2. The molecule has 0 aliphatic carbocycles. The van der Waals surface area contributed by atoms with Gasteiger partial charge in [-0.15, -0.1) is 0 Å². The number of esters is 1. The summed E-state index contributed by atoms with van der Waals surface area (Å²) in [4.78, 5) is 145. The van der Waals surface area contributed by atoms with Crippen molar-refractivity contribution >= 4 is 141 Å². The van der Waals surface area contributed by atoms with Gasteiger partial charge in [0.1, 0.15) is 0 Å². The molecule has 0 aliphatic rings. The molecule has 548 valence electrons. The van der Waals surface area contributed by atoms with Gasteiger partial charge in [0, 0.05) is 133 Å². The van der Waals surface area contributed by atoms with E-state index in [2.05, 4.69) is 20.6 Å². The van der Waals surface area contributed by atoms with Crippen LogP contribution in [0.3, 0.4) is 0 Å². The third kappa shape index (κ3) is 15.9. The topological polar surface area (TPSA) is 266 Å². The van der Waals surface area contributed by atoms with Crippen LogP contribution in [0.1, 0.15) is 101 Å². The van der Waals surface area contributed by atoms with Gasteiger partial charge in [-0.25, -0.2) is 24.0 Å². The Bertz CT molecular complexity index is 6020. The molecule has 0 spiro atoms. The first kappa shape index (κ1) is 74.1. The number of benzene rings is 11. The molecule has 2 aromatic heterocycles. The molecule has 13 aromatic rings. The van der Waals surface area contributed by atoms with Crippen LogP contribution in [0.2, 0.25) is 0 Å². The van der Waals surface area contributed by atoms with Gasteiger partial charge in [0.2, 0.25) is 0 Å². The van der Waals surface area contributed by atoms with E-state index < -0.39 is 41.7 Å². The van der Waals surface area contributed by atoms with Crippen molar-refractivity contribution in [3.05, 3.63) is 287 Å². The monoisotopic (exact) mass is 1460 g/mol. The lowest BCUT2D eigenvalue weighted by atomic mass is 9.96. The van der Waals surface area contributed by atoms with Gasteiger partial charge in [-0.05, 0) is 124 Å². The molecular formula is C88H72N8O14. The molecule has 2 heterocycles. The number of fused-ring (bicyclic) bond motifs is 8. The minimum atomic E-state index is -0.820. The second-order valence-electron chi connectivity index (χ2n) is 26.7. The van der Waals surface area contributed by atoms with E-state index in [1.54, 1.807) is 91.0 Å². The smallest absolute Gasteiger partial charge is 0.361 e. The molecule has 0 saturated carbocycles. The van der Waals surface area contributed by atoms with Crippen LogP contribution in [0.15, 0.2) is 257 Å². The maximum absolute atomic E-state index is 15.1. The summed E-state index contributed by atoms with van der Waals surface area (Å²) in [6.45, 7) is 8.30. The van der Waals surface area contributed by atoms with Crippen molar-refractivity contribution in [2.75, 3.05) is 33.8 Å². The Morgan fingerprint density at radius 2 is 0.718 bits per heavy atom. The molecule has 0 fully saturated rings. The Morgan fingerprint density at radius 1 is 0.364 bits per heavy atom. The van der Waals surface area contributed by atoms with E-state index in [0.29, 0.717) is 94.9 Å². The standard InChI is InChI=1S/C88H72N8O14/c1-52(2)51-106-88(105)83(92-110-56(6)100)61-30-38-67(39-31-61)96-78-41-33-63(48-73(78)75-50-65(35-43-80(75)96)85(102)71-27-17-23-59-21-13-15-25-69(59)71)82(91-109-55(5)99)87(104)94(8)45-44-93(7)86(103)81(90-108-54(4)98)62-32-40-77-72(47-62)74-49-64(84(101)70-26-16-22-58-20-12-14-24-68(58)70)34-42-79(74)95(77)66-36-28-60(29-37-66)76(89-107-53(3)97)46-57-18-10-9-11-19-57/h9-43,47-50,52H,44-46,51H2,1-8H3. The molecule has 11 aromatic carbocycles. The largest absolute Gasteiger partial charge is 0.461 e. The zero-order chi connectivity index (χ0) is 77.4. The van der Waals surface area contributed by atoms with E-state index in [1.807, 2.05) is 169 Å². The summed E-state index contributed by atoms with van der Waals surface area (Å²) in [7, 11) is 2.98. The van der Waals surface area contributed by atoms with Gasteiger partial charge in [-0.2, -0.15) is 0 Å². The van der Waals surface area contributed by atoms with Crippen LogP contribution in [0.5, 0.6) is 0 Å². The number of likely N-dealkylation sites (N-methyl/N-ethyl adjacent to an activating group) is 2. The van der Waals surface area contributed by atoms with E-state index in [0.717, 1.165) is 47.9 Å². The summed E-state index contributed by atoms with van der Waals surface area (Å²) >= 11 is 0. The lowest BCUT2D eigenvalue weighted by molar-refractivity contribution is -0.142. The first-order chi connectivity index (χ1) is 53.1. The summed E-state index contributed by atoms with van der Waals surface area (Å²) < 4.78 is 9.42. The Balaban J connectivity index is 0.833. The minimum Gasteiger partial charge on any atom is -0.461 e. The molecule has 0 unspecified atom stereocenters. The van der Waals surface area contributed by atoms with E-state index in [-0.39, 0.29) is 71.0 Å². The van der Waals surface area contributed by atoms with Crippen LogP contribution < -0.4 is 0 Å². The van der Waals surface area contributed by atoms with E-state index in [9.17, 15) is 33.6 Å². The SMILES string of the molecule is CC(=O)ON=C(Cc1ccccc1)c1ccc(-n2c3ccc(C(=O)c4cccc5ccccc45)cc3c3cc(C(=NOC(C)=O)C(=O)N(C)CCN(C)C(=O)C(=NOC(C)=O)c4ccc5c(c4)c4cc(C(=O)c6cccc7ccccc67)ccc4n5-c4ccc(C(=NOC(C)=O)C(=O)OCC(C)C)cc4)ccc32)cc1. The highest BCUT2D eigenvalue weighted by Gasteiger charge is 2.29. The highest BCUT2D eigenvalue weighted by Crippen LogP contribution is 2.38. The molecule has 22 nitrogen and oxygen atoms in total. The molecule has 0 aliphatic heterocycles. The summed E-state index contributed by atoms with van der Waals surface area (Å²) in [5.41, 5.74) is 7.72. The van der Waals surface area contributed by atoms with E-state index >= 15 is 9.59 Å². The third-order valence-electron chi connectivity index (χ3n) is 18.4. The van der Waals surface area contributed by atoms with Crippen molar-refractivity contribution in [2.24, 2.45) is 26.5 Å². The van der Waals surface area contributed by atoms with Crippen LogP contribution >= 0.6 is 0 Å². The lowest BCUT2D eigenvalue weighted by Gasteiger charge is -2.23. The minimum absolute atomic E-state index is 0.00419. The molecule has 22 heteroatoms. The Kier molecular flexibility index (Phi) is 21.8. The maximum atomic E-state index is 15.1. The number of amides is 2. The summed E-state index contributed by atoms with van der Waals surface area (Å²) in [6.07, 6.45) is 0.367. The van der Waals surface area contributed by atoms with Crippen molar-refractivity contribution in [1.29, 1.82) is 0 Å². The van der Waals surface area contributed by atoms with Crippen LogP contribution in [0, 0.1) is 5.92 Å². The first-order valence-electron chi connectivity index (χ1n) is 35.3. The van der Waals surface area contributed by atoms with Gasteiger partial charge in [0.05, 0.1) is 34.4 Å². The van der Waals surface area contributed by atoms with Crippen LogP contribution in [-0.2, 0) is 64.1 Å². The second-order valence-corrected chi connectivity index (χ2v) is 26.7. The van der Waals surface area contributed by atoms with Gasteiger partial charge in [-0.1, -0.05) is 186 Å². The van der Waals surface area contributed by atoms with E-state index in [4.69, 9.17) is 24.1 Å². The average Bonchev–Trinajstić information content (AvgIpc) is 1.59. The molecule has 0 radical (unpaired) electrons. The zero-order valence-electron chi connectivity index (χ0n) is 61.2. The van der Waals surface area contributed by atoms with Crippen molar-refractivity contribution < 1.29 is 67.2 Å². The fourth-order valence-corrected chi connectivity index (χ4v) is 13.1.